The lowest BCUT2D eigenvalue weighted by atomic mass is 10.0. The molecule has 0 saturated carbocycles. The van der Waals surface area contributed by atoms with Gasteiger partial charge in [-0.25, -0.2) is 0 Å². The molecule has 1 aliphatic rings. The number of likely N-dealkylation sites (N-methyl/N-ethyl adjacent to an activating group) is 1. The summed E-state index contributed by atoms with van der Waals surface area (Å²) in [5, 5.41) is 0. The predicted octanol–water partition coefficient (Wildman–Crippen LogP) is 3.34. The highest BCUT2D eigenvalue weighted by atomic mass is 79.9. The first-order valence-corrected chi connectivity index (χ1v) is 8.26. The summed E-state index contributed by atoms with van der Waals surface area (Å²) in [6, 6.07) is 8.29. The van der Waals surface area contributed by atoms with E-state index in [0.29, 0.717) is 6.10 Å². The normalized spacial score (nSPS) is 21.1. The number of ether oxygens (including phenoxy) is 1. The van der Waals surface area contributed by atoms with Crippen molar-refractivity contribution < 1.29 is 4.74 Å². The van der Waals surface area contributed by atoms with Crippen LogP contribution in [0.1, 0.15) is 37.3 Å². The molecule has 1 aliphatic heterocycles. The molecule has 0 spiro atoms. The third-order valence-electron chi connectivity index (χ3n) is 3.92. The molecule has 3 nitrogen and oxygen atoms in total. The van der Waals surface area contributed by atoms with Crippen LogP contribution in [0.5, 0.6) is 0 Å². The number of hydrogen-bond donors (Lipinski definition) is 1. The van der Waals surface area contributed by atoms with E-state index in [-0.39, 0.29) is 6.04 Å². The van der Waals surface area contributed by atoms with Gasteiger partial charge in [0.25, 0.3) is 0 Å². The lowest BCUT2D eigenvalue weighted by molar-refractivity contribution is -0.00175. The Kier molecular flexibility index (Phi) is 6.49. The molecule has 2 atom stereocenters. The van der Waals surface area contributed by atoms with Crippen molar-refractivity contribution in [2.75, 3.05) is 26.7 Å². The van der Waals surface area contributed by atoms with Crippen molar-refractivity contribution in [3.63, 3.8) is 0 Å². The highest BCUT2D eigenvalue weighted by Crippen LogP contribution is 2.23. The lowest BCUT2D eigenvalue weighted by Gasteiger charge is -2.28. The number of nitrogens with two attached hydrogens (primary N) is 1. The van der Waals surface area contributed by atoms with E-state index >= 15 is 0 Å². The first-order chi connectivity index (χ1) is 9.66. The zero-order valence-corrected chi connectivity index (χ0v) is 13.8. The van der Waals surface area contributed by atoms with Crippen molar-refractivity contribution in [2.45, 2.75) is 37.8 Å². The van der Waals surface area contributed by atoms with E-state index in [4.69, 9.17) is 10.5 Å². The average molecular weight is 341 g/mol. The average Bonchev–Trinajstić information content (AvgIpc) is 2.46. The van der Waals surface area contributed by atoms with Crippen molar-refractivity contribution in [3.8, 4) is 0 Å². The topological polar surface area (TPSA) is 38.5 Å². The summed E-state index contributed by atoms with van der Waals surface area (Å²) in [4.78, 5) is 2.34. The maximum absolute atomic E-state index is 6.29. The zero-order valence-electron chi connectivity index (χ0n) is 12.2. The summed E-state index contributed by atoms with van der Waals surface area (Å²) in [7, 11) is 2.16. The molecule has 4 heteroatoms. The first kappa shape index (κ1) is 16.0. The lowest BCUT2D eigenvalue weighted by Crippen LogP contribution is -2.34. The number of halogens is 1. The van der Waals surface area contributed by atoms with Gasteiger partial charge in [-0.15, -0.1) is 0 Å². The van der Waals surface area contributed by atoms with Gasteiger partial charge < -0.3 is 15.4 Å². The van der Waals surface area contributed by atoms with E-state index in [9.17, 15) is 0 Å². The summed E-state index contributed by atoms with van der Waals surface area (Å²) in [6.45, 7) is 2.94. The highest BCUT2D eigenvalue weighted by Gasteiger charge is 2.16. The summed E-state index contributed by atoms with van der Waals surface area (Å²) >= 11 is 3.57. The van der Waals surface area contributed by atoms with Gasteiger partial charge in [0.2, 0.25) is 0 Å². The van der Waals surface area contributed by atoms with E-state index in [0.717, 1.165) is 30.6 Å². The molecule has 1 aromatic carbocycles. The van der Waals surface area contributed by atoms with Gasteiger partial charge >= 0.3 is 0 Å². The first-order valence-electron chi connectivity index (χ1n) is 7.47. The minimum absolute atomic E-state index is 0.0836. The molecule has 1 fully saturated rings. The van der Waals surface area contributed by atoms with Gasteiger partial charge in [-0.2, -0.15) is 0 Å². The van der Waals surface area contributed by atoms with Crippen LogP contribution in [0.4, 0.5) is 0 Å². The number of nitrogens with zero attached hydrogens (tertiary/aromatic N) is 1. The van der Waals surface area contributed by atoms with Gasteiger partial charge in [0.1, 0.15) is 0 Å². The minimum Gasteiger partial charge on any atom is -0.377 e. The Hall–Kier alpha value is -0.420. The predicted molar refractivity (Wildman–Crippen MR) is 86.8 cm³/mol. The largest absolute Gasteiger partial charge is 0.377 e. The Bertz CT molecular complexity index is 407. The van der Waals surface area contributed by atoms with Crippen molar-refractivity contribution in [1.29, 1.82) is 0 Å². The summed E-state index contributed by atoms with van der Waals surface area (Å²) in [5.74, 6) is 0. The molecule has 2 N–H and O–H groups in total. The smallest absolute Gasteiger partial charge is 0.0701 e. The molecule has 0 radical (unpaired) electrons. The molecule has 0 aromatic heterocycles. The van der Waals surface area contributed by atoms with Gasteiger partial charge in [-0.3, -0.25) is 0 Å². The van der Waals surface area contributed by atoms with Crippen LogP contribution in [0.3, 0.4) is 0 Å². The molecular formula is C16H25BrN2O. The van der Waals surface area contributed by atoms with Crippen LogP contribution in [-0.2, 0) is 4.74 Å². The van der Waals surface area contributed by atoms with E-state index in [1.165, 1.54) is 24.8 Å². The molecule has 0 aliphatic carbocycles. The third kappa shape index (κ3) is 4.85. The molecule has 2 unspecified atom stereocenters. The maximum Gasteiger partial charge on any atom is 0.0701 e. The van der Waals surface area contributed by atoms with Crippen LogP contribution in [0.2, 0.25) is 0 Å². The van der Waals surface area contributed by atoms with Gasteiger partial charge in [0.15, 0.2) is 0 Å². The standard InChI is InChI=1S/C16H25BrN2O/c1-19(12-13-6-4-5-11-20-13)10-9-16(18)14-7-2-3-8-15(14)17/h2-3,7-8,13,16H,4-6,9-12,18H2,1H3. The van der Waals surface area contributed by atoms with E-state index in [2.05, 4.69) is 40.0 Å². The van der Waals surface area contributed by atoms with Crippen LogP contribution in [-0.4, -0.2) is 37.7 Å². The Morgan fingerprint density at radius 1 is 1.40 bits per heavy atom. The fraction of sp³-hybridized carbons (Fsp3) is 0.625. The van der Waals surface area contributed by atoms with Crippen molar-refractivity contribution in [2.24, 2.45) is 5.73 Å². The zero-order chi connectivity index (χ0) is 14.4. The van der Waals surface area contributed by atoms with E-state index < -0.39 is 0 Å². The summed E-state index contributed by atoms with van der Waals surface area (Å²) in [6.07, 6.45) is 5.09. The maximum atomic E-state index is 6.29. The van der Waals surface area contributed by atoms with Crippen LogP contribution in [0.25, 0.3) is 0 Å². The summed E-state index contributed by atoms with van der Waals surface area (Å²) < 4.78 is 6.88. The number of hydrogen-bond acceptors (Lipinski definition) is 3. The van der Waals surface area contributed by atoms with Gasteiger partial charge in [0, 0.05) is 23.7 Å². The SMILES string of the molecule is CN(CCC(N)c1ccccc1Br)CC1CCCCO1. The van der Waals surface area contributed by atoms with Crippen LogP contribution in [0, 0.1) is 0 Å². The minimum atomic E-state index is 0.0836. The van der Waals surface area contributed by atoms with Crippen LogP contribution in [0.15, 0.2) is 28.7 Å². The third-order valence-corrected chi connectivity index (χ3v) is 4.64. The monoisotopic (exact) mass is 340 g/mol. The molecule has 1 saturated heterocycles. The number of benzene rings is 1. The Labute approximate surface area is 130 Å². The van der Waals surface area contributed by atoms with Crippen molar-refractivity contribution >= 4 is 15.9 Å². The van der Waals surface area contributed by atoms with E-state index in [1.54, 1.807) is 0 Å². The van der Waals surface area contributed by atoms with Gasteiger partial charge in [-0.05, 0) is 50.9 Å². The molecule has 0 bridgehead atoms. The Morgan fingerprint density at radius 2 is 2.20 bits per heavy atom. The molecule has 1 heterocycles. The van der Waals surface area contributed by atoms with Gasteiger partial charge in [0.05, 0.1) is 6.10 Å². The van der Waals surface area contributed by atoms with Crippen LogP contribution < -0.4 is 5.73 Å². The fourth-order valence-electron chi connectivity index (χ4n) is 2.68. The summed E-state index contributed by atoms with van der Waals surface area (Å²) in [5.41, 5.74) is 7.48. The van der Waals surface area contributed by atoms with E-state index in [1.807, 2.05) is 12.1 Å². The molecular weight excluding hydrogens is 316 g/mol. The van der Waals surface area contributed by atoms with Gasteiger partial charge in [-0.1, -0.05) is 34.1 Å². The van der Waals surface area contributed by atoms with Crippen molar-refractivity contribution in [1.82, 2.24) is 4.90 Å². The Morgan fingerprint density at radius 3 is 2.90 bits per heavy atom. The fourth-order valence-corrected chi connectivity index (χ4v) is 3.26. The van der Waals surface area contributed by atoms with Crippen molar-refractivity contribution in [3.05, 3.63) is 34.3 Å². The Balaban J connectivity index is 1.75. The molecule has 0 amide bonds. The number of rotatable bonds is 6. The second-order valence-corrected chi connectivity index (χ2v) is 6.52. The second-order valence-electron chi connectivity index (χ2n) is 5.67. The quantitative estimate of drug-likeness (QED) is 0.862. The molecule has 20 heavy (non-hydrogen) atoms. The van der Waals surface area contributed by atoms with Crippen LogP contribution >= 0.6 is 15.9 Å². The highest BCUT2D eigenvalue weighted by molar-refractivity contribution is 9.10. The molecule has 1 aromatic rings. The molecule has 112 valence electrons. The molecule has 2 rings (SSSR count). The second kappa shape index (κ2) is 8.13.